The number of aliphatic hydroxyl groups excluding tert-OH is 1. The van der Waals surface area contributed by atoms with E-state index in [1.807, 2.05) is 18.2 Å². The maximum absolute atomic E-state index is 9.59. The fraction of sp³-hybridized carbons (Fsp3) is 0.133. The van der Waals surface area contributed by atoms with Gasteiger partial charge in [-0.25, -0.2) is 0 Å². The molecule has 2 aromatic carbocycles. The first-order valence-electron chi connectivity index (χ1n) is 5.75. The summed E-state index contributed by atoms with van der Waals surface area (Å²) in [7, 11) is 0. The van der Waals surface area contributed by atoms with Gasteiger partial charge in [0.05, 0.1) is 6.07 Å². The SMILES string of the molecule is N#CC(O)c1ccccc1OCc1ccccc1Cl. The van der Waals surface area contributed by atoms with Crippen molar-refractivity contribution in [3.63, 3.8) is 0 Å². The zero-order valence-corrected chi connectivity index (χ0v) is 10.8. The van der Waals surface area contributed by atoms with E-state index in [0.29, 0.717) is 16.3 Å². The van der Waals surface area contributed by atoms with Crippen molar-refractivity contribution >= 4 is 11.6 Å². The van der Waals surface area contributed by atoms with Gasteiger partial charge in [0, 0.05) is 16.1 Å². The Morgan fingerprint density at radius 3 is 2.58 bits per heavy atom. The molecule has 0 saturated carbocycles. The summed E-state index contributed by atoms with van der Waals surface area (Å²) >= 11 is 6.04. The third-order valence-corrected chi connectivity index (χ3v) is 3.05. The van der Waals surface area contributed by atoms with Crippen LogP contribution in [0.4, 0.5) is 0 Å². The lowest BCUT2D eigenvalue weighted by Gasteiger charge is -2.12. The molecule has 0 aliphatic rings. The van der Waals surface area contributed by atoms with E-state index < -0.39 is 6.10 Å². The zero-order valence-electron chi connectivity index (χ0n) is 10.1. The molecule has 1 unspecified atom stereocenters. The second kappa shape index (κ2) is 6.24. The molecule has 2 aromatic rings. The Morgan fingerprint density at radius 1 is 1.16 bits per heavy atom. The van der Waals surface area contributed by atoms with Gasteiger partial charge in [-0.1, -0.05) is 48.0 Å². The molecule has 0 aliphatic heterocycles. The summed E-state index contributed by atoms with van der Waals surface area (Å²) in [5.74, 6) is 0.483. The fourth-order valence-corrected chi connectivity index (χ4v) is 1.87. The van der Waals surface area contributed by atoms with Crippen LogP contribution in [0.2, 0.25) is 5.02 Å². The van der Waals surface area contributed by atoms with Crippen molar-refractivity contribution in [1.29, 1.82) is 5.26 Å². The Balaban J connectivity index is 2.17. The number of hydrogen-bond acceptors (Lipinski definition) is 3. The lowest BCUT2D eigenvalue weighted by Crippen LogP contribution is -2.02. The van der Waals surface area contributed by atoms with Crippen molar-refractivity contribution in [3.05, 3.63) is 64.7 Å². The molecule has 1 atom stereocenters. The van der Waals surface area contributed by atoms with E-state index in [2.05, 4.69) is 0 Å². The second-order valence-electron chi connectivity index (χ2n) is 3.95. The molecule has 0 radical (unpaired) electrons. The predicted molar refractivity (Wildman–Crippen MR) is 72.8 cm³/mol. The number of ether oxygens (including phenoxy) is 1. The highest BCUT2D eigenvalue weighted by Gasteiger charge is 2.12. The number of nitriles is 1. The standard InChI is InChI=1S/C15H12ClNO2/c16-13-7-3-1-5-11(13)10-19-15-8-4-2-6-12(15)14(18)9-17/h1-8,14,18H,10H2. The van der Waals surface area contributed by atoms with Crippen LogP contribution in [-0.4, -0.2) is 5.11 Å². The molecule has 0 aromatic heterocycles. The van der Waals surface area contributed by atoms with Crippen LogP contribution in [0.5, 0.6) is 5.75 Å². The zero-order chi connectivity index (χ0) is 13.7. The van der Waals surface area contributed by atoms with Crippen LogP contribution in [0, 0.1) is 11.3 Å². The molecule has 4 heteroatoms. The second-order valence-corrected chi connectivity index (χ2v) is 4.36. The molecule has 1 N–H and O–H groups in total. The largest absolute Gasteiger partial charge is 0.488 e. The van der Waals surface area contributed by atoms with Gasteiger partial charge in [-0.3, -0.25) is 0 Å². The van der Waals surface area contributed by atoms with Gasteiger partial charge in [0.2, 0.25) is 0 Å². The minimum atomic E-state index is -1.19. The van der Waals surface area contributed by atoms with Gasteiger partial charge < -0.3 is 9.84 Å². The molecule has 0 fully saturated rings. The number of para-hydroxylation sites is 1. The van der Waals surface area contributed by atoms with Crippen LogP contribution in [0.25, 0.3) is 0 Å². The van der Waals surface area contributed by atoms with Crippen molar-refractivity contribution in [1.82, 2.24) is 0 Å². The average Bonchev–Trinajstić information content (AvgIpc) is 2.46. The summed E-state index contributed by atoms with van der Waals surface area (Å²) in [6.45, 7) is 0.287. The molecule has 96 valence electrons. The molecule has 2 rings (SSSR count). The Bertz CT molecular complexity index is 607. The molecule has 0 saturated heterocycles. The highest BCUT2D eigenvalue weighted by Crippen LogP contribution is 2.26. The van der Waals surface area contributed by atoms with Crippen LogP contribution in [-0.2, 0) is 6.61 Å². The van der Waals surface area contributed by atoms with E-state index in [0.717, 1.165) is 5.56 Å². The van der Waals surface area contributed by atoms with Crippen LogP contribution < -0.4 is 4.74 Å². The monoisotopic (exact) mass is 273 g/mol. The van der Waals surface area contributed by atoms with E-state index >= 15 is 0 Å². The molecule has 19 heavy (non-hydrogen) atoms. The summed E-state index contributed by atoms with van der Waals surface area (Å²) in [4.78, 5) is 0. The van der Waals surface area contributed by atoms with E-state index in [4.69, 9.17) is 21.6 Å². The van der Waals surface area contributed by atoms with Gasteiger partial charge in [-0.15, -0.1) is 0 Å². The number of rotatable bonds is 4. The minimum Gasteiger partial charge on any atom is -0.488 e. The van der Waals surface area contributed by atoms with Crippen LogP contribution in [0.1, 0.15) is 17.2 Å². The van der Waals surface area contributed by atoms with Gasteiger partial charge in [-0.2, -0.15) is 5.26 Å². The minimum absolute atomic E-state index is 0.287. The number of aliphatic hydroxyl groups is 1. The molecule has 0 spiro atoms. The van der Waals surface area contributed by atoms with Gasteiger partial charge in [-0.05, 0) is 12.1 Å². The Hall–Kier alpha value is -2.02. The molecular weight excluding hydrogens is 262 g/mol. The normalized spacial score (nSPS) is 11.6. The van der Waals surface area contributed by atoms with Crippen LogP contribution >= 0.6 is 11.6 Å². The van der Waals surface area contributed by atoms with Gasteiger partial charge in [0.1, 0.15) is 12.4 Å². The van der Waals surface area contributed by atoms with Gasteiger partial charge >= 0.3 is 0 Å². The summed E-state index contributed by atoms with van der Waals surface area (Å²) in [6.07, 6.45) is -1.19. The summed E-state index contributed by atoms with van der Waals surface area (Å²) in [5.41, 5.74) is 1.31. The quantitative estimate of drug-likeness (QED) is 0.868. The third kappa shape index (κ3) is 3.25. The van der Waals surface area contributed by atoms with Crippen molar-refractivity contribution < 1.29 is 9.84 Å². The summed E-state index contributed by atoms with van der Waals surface area (Å²) in [5, 5.41) is 19.0. The fourth-order valence-electron chi connectivity index (χ4n) is 1.68. The molecule has 0 heterocycles. The van der Waals surface area contributed by atoms with Crippen molar-refractivity contribution in [3.8, 4) is 11.8 Å². The van der Waals surface area contributed by atoms with E-state index in [-0.39, 0.29) is 6.61 Å². The van der Waals surface area contributed by atoms with E-state index in [9.17, 15) is 5.11 Å². The maximum atomic E-state index is 9.59. The lowest BCUT2D eigenvalue weighted by atomic mass is 10.1. The number of halogens is 1. The number of nitrogens with zero attached hydrogens (tertiary/aromatic N) is 1. The summed E-state index contributed by atoms with van der Waals surface area (Å²) in [6, 6.07) is 16.1. The number of benzene rings is 2. The van der Waals surface area contributed by atoms with Crippen LogP contribution in [0.15, 0.2) is 48.5 Å². The van der Waals surface area contributed by atoms with Crippen molar-refractivity contribution in [2.45, 2.75) is 12.7 Å². The van der Waals surface area contributed by atoms with Crippen LogP contribution in [0.3, 0.4) is 0 Å². The highest BCUT2D eigenvalue weighted by atomic mass is 35.5. The molecular formula is C15H12ClNO2. The third-order valence-electron chi connectivity index (χ3n) is 2.68. The Labute approximate surface area is 116 Å². The van der Waals surface area contributed by atoms with Gasteiger partial charge in [0.25, 0.3) is 0 Å². The number of hydrogen-bond donors (Lipinski definition) is 1. The molecule has 0 aliphatic carbocycles. The lowest BCUT2D eigenvalue weighted by molar-refractivity contribution is 0.223. The first kappa shape index (κ1) is 13.4. The van der Waals surface area contributed by atoms with Crippen molar-refractivity contribution in [2.75, 3.05) is 0 Å². The van der Waals surface area contributed by atoms with E-state index in [1.54, 1.807) is 36.4 Å². The summed E-state index contributed by atoms with van der Waals surface area (Å²) < 4.78 is 5.63. The van der Waals surface area contributed by atoms with Gasteiger partial charge in [0.15, 0.2) is 6.10 Å². The first-order valence-corrected chi connectivity index (χ1v) is 6.13. The molecule has 3 nitrogen and oxygen atoms in total. The predicted octanol–water partition coefficient (Wildman–Crippen LogP) is 3.48. The Kier molecular flexibility index (Phi) is 4.40. The smallest absolute Gasteiger partial charge is 0.169 e. The average molecular weight is 274 g/mol. The molecule has 0 amide bonds. The maximum Gasteiger partial charge on any atom is 0.169 e. The van der Waals surface area contributed by atoms with Crippen molar-refractivity contribution in [2.24, 2.45) is 0 Å². The molecule has 0 bridgehead atoms. The Morgan fingerprint density at radius 2 is 1.84 bits per heavy atom. The van der Waals surface area contributed by atoms with E-state index in [1.165, 1.54) is 0 Å². The topological polar surface area (TPSA) is 53.2 Å². The first-order chi connectivity index (χ1) is 9.22. The highest BCUT2D eigenvalue weighted by molar-refractivity contribution is 6.31.